The number of hydrogen-bond acceptors (Lipinski definition) is 7. The molecule has 0 radical (unpaired) electrons. The number of pyridine rings is 1. The molecular formula is C17H14N4O4S2. The lowest BCUT2D eigenvalue weighted by Crippen LogP contribution is -2.05. The van der Waals surface area contributed by atoms with Gasteiger partial charge in [-0.05, 0) is 12.1 Å². The molecular weight excluding hydrogens is 388 g/mol. The van der Waals surface area contributed by atoms with E-state index in [9.17, 15) is 22.1 Å². The number of rotatable bonds is 4. The maximum absolute atomic E-state index is 12.1. The Bertz CT molecular complexity index is 1250. The van der Waals surface area contributed by atoms with Crippen molar-refractivity contribution in [2.45, 2.75) is 10.1 Å². The summed E-state index contributed by atoms with van der Waals surface area (Å²) >= 11 is 0. The summed E-state index contributed by atoms with van der Waals surface area (Å²) < 4.78 is 48.7. The lowest BCUT2D eigenvalue weighted by atomic mass is 10.1. The Morgan fingerprint density at radius 3 is 2.11 bits per heavy atom. The lowest BCUT2D eigenvalue weighted by Gasteiger charge is -2.08. The van der Waals surface area contributed by atoms with Gasteiger partial charge in [-0.25, -0.2) is 26.5 Å². The molecule has 0 saturated carbocycles. The van der Waals surface area contributed by atoms with Gasteiger partial charge in [0.2, 0.25) is 0 Å². The topological polar surface area (TPSA) is 123 Å². The number of nitriles is 1. The summed E-state index contributed by atoms with van der Waals surface area (Å²) in [6, 6.07) is 13.4. The van der Waals surface area contributed by atoms with Crippen molar-refractivity contribution in [2.75, 3.05) is 12.5 Å². The van der Waals surface area contributed by atoms with Crippen molar-refractivity contribution in [3.05, 3.63) is 54.2 Å². The summed E-state index contributed by atoms with van der Waals surface area (Å²) in [4.78, 5) is 3.91. The Balaban J connectivity index is 2.33. The van der Waals surface area contributed by atoms with Gasteiger partial charge in [-0.3, -0.25) is 0 Å². The van der Waals surface area contributed by atoms with Crippen LogP contribution in [0.1, 0.15) is 5.56 Å². The fourth-order valence-corrected chi connectivity index (χ4v) is 3.83. The Morgan fingerprint density at radius 2 is 1.63 bits per heavy atom. The van der Waals surface area contributed by atoms with Crippen molar-refractivity contribution in [1.82, 2.24) is 14.8 Å². The van der Waals surface area contributed by atoms with E-state index < -0.39 is 19.7 Å². The largest absolute Gasteiger partial charge is 0.242 e. The van der Waals surface area contributed by atoms with E-state index in [1.165, 1.54) is 23.0 Å². The SMILES string of the molecule is CS(=O)(=O)c1ccc(-n2nc(S(C)(=O)=O)c(C#N)c2-c2ccccc2)cn1. The highest BCUT2D eigenvalue weighted by Gasteiger charge is 2.26. The molecule has 0 fully saturated rings. The van der Waals surface area contributed by atoms with Crippen LogP contribution < -0.4 is 0 Å². The minimum atomic E-state index is -3.77. The van der Waals surface area contributed by atoms with Gasteiger partial charge in [-0.2, -0.15) is 10.4 Å². The van der Waals surface area contributed by atoms with Crippen LogP contribution in [0.15, 0.2) is 58.7 Å². The molecule has 0 saturated heterocycles. The first-order valence-electron chi connectivity index (χ1n) is 7.58. The number of benzene rings is 1. The highest BCUT2D eigenvalue weighted by atomic mass is 32.2. The second-order valence-electron chi connectivity index (χ2n) is 5.82. The highest BCUT2D eigenvalue weighted by molar-refractivity contribution is 7.90. The first-order chi connectivity index (χ1) is 12.6. The van der Waals surface area contributed by atoms with Gasteiger partial charge in [0, 0.05) is 18.1 Å². The third-order valence-corrected chi connectivity index (χ3v) is 5.70. The Hall–Kier alpha value is -3.03. The predicted molar refractivity (Wildman–Crippen MR) is 97.7 cm³/mol. The highest BCUT2D eigenvalue weighted by Crippen LogP contribution is 2.30. The summed E-state index contributed by atoms with van der Waals surface area (Å²) in [5.41, 5.74) is 1.11. The molecule has 0 amide bonds. The molecule has 0 spiro atoms. The standard InChI is InChI=1S/C17H14N4O4S2/c1-26(22,23)15-9-8-13(11-19-15)21-16(12-6-4-3-5-7-12)14(10-18)17(20-21)27(2,24)25/h3-9,11H,1-2H3. The van der Waals surface area contributed by atoms with Gasteiger partial charge in [-0.15, -0.1) is 0 Å². The minimum absolute atomic E-state index is 0.0871. The fraction of sp³-hybridized carbons (Fsp3) is 0.118. The summed E-state index contributed by atoms with van der Waals surface area (Å²) in [5.74, 6) is 0. The molecule has 2 heterocycles. The number of nitrogens with zero attached hydrogens (tertiary/aromatic N) is 4. The van der Waals surface area contributed by atoms with Gasteiger partial charge in [0.1, 0.15) is 11.6 Å². The molecule has 27 heavy (non-hydrogen) atoms. The Kier molecular flexibility index (Phi) is 4.59. The number of aromatic nitrogens is 3. The second-order valence-corrected chi connectivity index (χ2v) is 9.71. The molecule has 0 aliphatic heterocycles. The summed E-state index contributed by atoms with van der Waals surface area (Å²) in [7, 11) is -7.25. The Labute approximate surface area is 156 Å². The molecule has 3 rings (SSSR count). The van der Waals surface area contributed by atoms with Crippen molar-refractivity contribution in [3.8, 4) is 23.0 Å². The van der Waals surface area contributed by atoms with Crippen LogP contribution in [0, 0.1) is 11.3 Å². The maximum Gasteiger partial charge on any atom is 0.195 e. The van der Waals surface area contributed by atoms with E-state index >= 15 is 0 Å². The molecule has 3 aromatic rings. The van der Waals surface area contributed by atoms with Gasteiger partial charge in [0.25, 0.3) is 0 Å². The fourth-order valence-electron chi connectivity index (χ4n) is 2.52. The number of sulfone groups is 2. The van der Waals surface area contributed by atoms with Gasteiger partial charge >= 0.3 is 0 Å². The van der Waals surface area contributed by atoms with E-state index in [0.717, 1.165) is 12.5 Å². The van der Waals surface area contributed by atoms with Crippen LogP contribution in [0.25, 0.3) is 16.9 Å². The molecule has 0 unspecified atom stereocenters. The molecule has 2 aromatic heterocycles. The van der Waals surface area contributed by atoms with Crippen LogP contribution in [-0.4, -0.2) is 44.1 Å². The zero-order valence-electron chi connectivity index (χ0n) is 14.4. The summed E-state index contributed by atoms with van der Waals surface area (Å²) in [6.45, 7) is 0. The van der Waals surface area contributed by atoms with Crippen molar-refractivity contribution < 1.29 is 16.8 Å². The minimum Gasteiger partial charge on any atom is -0.242 e. The third-order valence-electron chi connectivity index (χ3n) is 3.71. The molecule has 10 heteroatoms. The molecule has 0 bridgehead atoms. The van der Waals surface area contributed by atoms with Gasteiger partial charge in [-0.1, -0.05) is 30.3 Å². The van der Waals surface area contributed by atoms with Crippen LogP contribution in [0.3, 0.4) is 0 Å². The van der Waals surface area contributed by atoms with E-state index in [2.05, 4.69) is 10.1 Å². The molecule has 138 valence electrons. The molecule has 0 N–H and O–H groups in total. The summed E-state index contributed by atoms with van der Waals surface area (Å²) in [6.07, 6.45) is 3.27. The molecule has 0 atom stereocenters. The molecule has 0 aliphatic carbocycles. The quantitative estimate of drug-likeness (QED) is 0.649. The first-order valence-corrected chi connectivity index (χ1v) is 11.4. The zero-order valence-corrected chi connectivity index (χ0v) is 16.0. The Morgan fingerprint density at radius 1 is 0.963 bits per heavy atom. The van der Waals surface area contributed by atoms with Crippen LogP contribution in [-0.2, 0) is 19.7 Å². The summed E-state index contributed by atoms with van der Waals surface area (Å²) in [5, 5.41) is 13.2. The van der Waals surface area contributed by atoms with Gasteiger partial charge < -0.3 is 0 Å². The second kappa shape index (κ2) is 6.61. The number of hydrogen-bond donors (Lipinski definition) is 0. The average Bonchev–Trinajstić information content (AvgIpc) is 3.02. The first kappa shape index (κ1) is 18.8. The van der Waals surface area contributed by atoms with Crippen LogP contribution in [0.4, 0.5) is 0 Å². The maximum atomic E-state index is 12.1. The molecule has 8 nitrogen and oxygen atoms in total. The zero-order chi connectivity index (χ0) is 19.8. The van der Waals surface area contributed by atoms with E-state index in [1.807, 2.05) is 6.07 Å². The lowest BCUT2D eigenvalue weighted by molar-refractivity contribution is 0.595. The molecule has 0 aliphatic rings. The van der Waals surface area contributed by atoms with Crippen LogP contribution in [0.5, 0.6) is 0 Å². The van der Waals surface area contributed by atoms with Gasteiger partial charge in [0.05, 0.1) is 17.6 Å². The average molecular weight is 402 g/mol. The van der Waals surface area contributed by atoms with Crippen LogP contribution >= 0.6 is 0 Å². The van der Waals surface area contributed by atoms with E-state index in [-0.39, 0.29) is 21.3 Å². The van der Waals surface area contributed by atoms with E-state index in [0.29, 0.717) is 11.3 Å². The monoisotopic (exact) mass is 402 g/mol. The van der Waals surface area contributed by atoms with Crippen LogP contribution in [0.2, 0.25) is 0 Å². The van der Waals surface area contributed by atoms with E-state index in [1.54, 1.807) is 30.3 Å². The van der Waals surface area contributed by atoms with Crippen molar-refractivity contribution in [1.29, 1.82) is 5.26 Å². The smallest absolute Gasteiger partial charge is 0.195 e. The molecule has 1 aromatic carbocycles. The van der Waals surface area contributed by atoms with Crippen molar-refractivity contribution in [2.24, 2.45) is 0 Å². The van der Waals surface area contributed by atoms with Crippen molar-refractivity contribution in [3.63, 3.8) is 0 Å². The van der Waals surface area contributed by atoms with Gasteiger partial charge in [0.15, 0.2) is 29.7 Å². The third kappa shape index (κ3) is 3.60. The van der Waals surface area contributed by atoms with E-state index in [4.69, 9.17) is 0 Å². The van der Waals surface area contributed by atoms with Crippen molar-refractivity contribution >= 4 is 19.7 Å². The predicted octanol–water partition coefficient (Wildman–Crippen LogP) is 1.61. The normalized spacial score (nSPS) is 11.9.